The molecule has 1 aliphatic heterocycles. The van der Waals surface area contributed by atoms with Gasteiger partial charge in [-0.1, -0.05) is 37.6 Å². The van der Waals surface area contributed by atoms with E-state index in [0.29, 0.717) is 18.1 Å². The number of nitrogen functional groups attached to an aromatic ring is 1. The highest BCUT2D eigenvalue weighted by Gasteiger charge is 2.15. The molecule has 164 valence electrons. The first-order valence-corrected chi connectivity index (χ1v) is 10.9. The van der Waals surface area contributed by atoms with Gasteiger partial charge in [-0.25, -0.2) is 0 Å². The molecule has 0 unspecified atom stereocenters. The number of rotatable bonds is 8. The first-order chi connectivity index (χ1) is 15.0. The van der Waals surface area contributed by atoms with E-state index >= 15 is 0 Å². The van der Waals surface area contributed by atoms with Gasteiger partial charge in [-0.2, -0.15) is 9.97 Å². The van der Waals surface area contributed by atoms with Crippen molar-refractivity contribution in [2.75, 3.05) is 30.7 Å². The Bertz CT molecular complexity index is 1180. The Hall–Kier alpha value is -3.20. The second kappa shape index (κ2) is 9.30. The number of nitrogens with zero attached hydrogens (tertiary/aromatic N) is 4. The van der Waals surface area contributed by atoms with Gasteiger partial charge in [0, 0.05) is 13.1 Å². The molecular formula is C22H29N7O2. The van der Waals surface area contributed by atoms with Crippen LogP contribution in [0.4, 0.5) is 11.8 Å². The van der Waals surface area contributed by atoms with E-state index in [-0.39, 0.29) is 17.9 Å². The van der Waals surface area contributed by atoms with Gasteiger partial charge in [0.15, 0.2) is 11.5 Å². The molecule has 9 nitrogen and oxygen atoms in total. The number of aromatic nitrogens is 4. The Balaban J connectivity index is 1.69. The maximum atomic E-state index is 12.7. The molecular weight excluding hydrogens is 394 g/mol. The Morgan fingerprint density at radius 1 is 1.13 bits per heavy atom. The molecule has 1 aromatic carbocycles. The van der Waals surface area contributed by atoms with Gasteiger partial charge in [0.1, 0.15) is 5.52 Å². The highest BCUT2D eigenvalue weighted by Crippen LogP contribution is 2.18. The second-order valence-electron chi connectivity index (χ2n) is 8.06. The van der Waals surface area contributed by atoms with Crippen molar-refractivity contribution in [2.45, 2.75) is 45.7 Å². The Labute approximate surface area is 180 Å². The fraction of sp³-hybridized carbons (Fsp3) is 0.455. The minimum atomic E-state index is -0.734. The van der Waals surface area contributed by atoms with E-state index in [1.807, 2.05) is 12.1 Å². The van der Waals surface area contributed by atoms with Gasteiger partial charge >= 0.3 is 11.1 Å². The molecule has 1 aliphatic rings. The number of fused-ring (bicyclic) bond motifs is 1. The van der Waals surface area contributed by atoms with Crippen LogP contribution >= 0.6 is 0 Å². The molecule has 4 rings (SSSR count). The van der Waals surface area contributed by atoms with E-state index in [1.54, 1.807) is 0 Å². The number of nitrogens with two attached hydrogens (primary N) is 1. The Kier molecular flexibility index (Phi) is 6.31. The van der Waals surface area contributed by atoms with Gasteiger partial charge < -0.3 is 16.0 Å². The third kappa shape index (κ3) is 4.77. The van der Waals surface area contributed by atoms with Crippen molar-refractivity contribution in [1.29, 1.82) is 0 Å². The fourth-order valence-corrected chi connectivity index (χ4v) is 3.98. The average Bonchev–Trinajstić information content (AvgIpc) is 3.26. The summed E-state index contributed by atoms with van der Waals surface area (Å²) in [4.78, 5) is 38.7. The summed E-state index contributed by atoms with van der Waals surface area (Å²) in [6.07, 6.45) is 4.47. The standard InChI is InChI=1S/C22H29N7O2/c1-2-3-9-24-22-26-18(23)17-19(27-22)29(21(31)20(30)25-17)14-16-8-6-7-15(12-16)13-28-10-4-5-11-28/h6-8,12H,2-5,9-11,13-14H2,1H3,(H,25,30)(H3,23,24,26,27). The zero-order valence-electron chi connectivity index (χ0n) is 17.9. The first kappa shape index (κ1) is 21.0. The van der Waals surface area contributed by atoms with Gasteiger partial charge in [-0.3, -0.25) is 19.1 Å². The zero-order chi connectivity index (χ0) is 21.8. The van der Waals surface area contributed by atoms with Gasteiger partial charge in [-0.05, 0) is 43.5 Å². The molecule has 31 heavy (non-hydrogen) atoms. The van der Waals surface area contributed by atoms with Crippen LogP contribution in [-0.4, -0.2) is 44.1 Å². The molecule has 0 saturated carbocycles. The third-order valence-electron chi connectivity index (χ3n) is 5.60. The van der Waals surface area contributed by atoms with E-state index in [0.717, 1.165) is 38.0 Å². The highest BCUT2D eigenvalue weighted by atomic mass is 16.2. The van der Waals surface area contributed by atoms with Crippen LogP contribution in [0.1, 0.15) is 43.7 Å². The van der Waals surface area contributed by atoms with Crippen LogP contribution < -0.4 is 22.2 Å². The summed E-state index contributed by atoms with van der Waals surface area (Å²) in [5.74, 6) is 0.485. The molecule has 0 bridgehead atoms. The van der Waals surface area contributed by atoms with Crippen molar-refractivity contribution >= 4 is 22.9 Å². The van der Waals surface area contributed by atoms with Crippen molar-refractivity contribution in [3.63, 3.8) is 0 Å². The van der Waals surface area contributed by atoms with E-state index < -0.39 is 11.1 Å². The van der Waals surface area contributed by atoms with Gasteiger partial charge in [0.2, 0.25) is 5.95 Å². The van der Waals surface area contributed by atoms with Crippen LogP contribution in [0.5, 0.6) is 0 Å². The smallest absolute Gasteiger partial charge is 0.318 e. The number of H-pyrrole nitrogens is 1. The van der Waals surface area contributed by atoms with E-state index in [1.165, 1.54) is 23.0 Å². The SMILES string of the molecule is CCCCNc1nc(N)c2[nH]c(=O)c(=O)n(Cc3cccc(CN4CCCC4)c3)c2n1. The minimum Gasteiger partial charge on any atom is -0.382 e. The topological polar surface area (TPSA) is 122 Å². The van der Waals surface area contributed by atoms with Crippen LogP contribution in [0.15, 0.2) is 33.9 Å². The van der Waals surface area contributed by atoms with Gasteiger partial charge in [0.25, 0.3) is 0 Å². The molecule has 0 amide bonds. The molecule has 0 radical (unpaired) electrons. The lowest BCUT2D eigenvalue weighted by molar-refractivity contribution is 0.331. The molecule has 1 fully saturated rings. The predicted octanol–water partition coefficient (Wildman–Crippen LogP) is 1.92. The molecule has 9 heteroatoms. The van der Waals surface area contributed by atoms with Crippen LogP contribution in [-0.2, 0) is 13.1 Å². The van der Waals surface area contributed by atoms with Crippen LogP contribution in [0.25, 0.3) is 11.2 Å². The number of benzene rings is 1. The molecule has 3 heterocycles. The molecule has 0 aliphatic carbocycles. The highest BCUT2D eigenvalue weighted by molar-refractivity contribution is 5.82. The van der Waals surface area contributed by atoms with Crippen molar-refractivity contribution in [3.05, 3.63) is 56.1 Å². The average molecular weight is 424 g/mol. The summed E-state index contributed by atoms with van der Waals surface area (Å²) in [5, 5.41) is 3.14. The van der Waals surface area contributed by atoms with Crippen LogP contribution in [0.3, 0.4) is 0 Å². The number of anilines is 2. The monoisotopic (exact) mass is 423 g/mol. The molecule has 1 saturated heterocycles. The molecule has 0 spiro atoms. The third-order valence-corrected chi connectivity index (χ3v) is 5.60. The number of nitrogens with one attached hydrogen (secondary N) is 2. The maximum Gasteiger partial charge on any atom is 0.318 e. The summed E-state index contributed by atoms with van der Waals surface area (Å²) >= 11 is 0. The summed E-state index contributed by atoms with van der Waals surface area (Å²) < 4.78 is 1.38. The number of hydrogen-bond donors (Lipinski definition) is 3. The van der Waals surface area contributed by atoms with E-state index in [4.69, 9.17) is 5.73 Å². The quantitative estimate of drug-likeness (QED) is 0.374. The number of aromatic amines is 1. The minimum absolute atomic E-state index is 0.137. The lowest BCUT2D eigenvalue weighted by Crippen LogP contribution is -2.37. The summed E-state index contributed by atoms with van der Waals surface area (Å²) in [6, 6.07) is 8.12. The molecule has 2 aromatic heterocycles. The van der Waals surface area contributed by atoms with Gasteiger partial charge in [-0.15, -0.1) is 0 Å². The number of likely N-dealkylation sites (tertiary alicyclic amines) is 1. The molecule has 4 N–H and O–H groups in total. The summed E-state index contributed by atoms with van der Waals surface area (Å²) in [5.41, 5.74) is 7.41. The lowest BCUT2D eigenvalue weighted by atomic mass is 10.1. The zero-order valence-corrected chi connectivity index (χ0v) is 17.9. The van der Waals surface area contributed by atoms with E-state index in [2.05, 4.69) is 44.2 Å². The largest absolute Gasteiger partial charge is 0.382 e. The van der Waals surface area contributed by atoms with Crippen LogP contribution in [0, 0.1) is 0 Å². The van der Waals surface area contributed by atoms with Crippen LogP contribution in [0.2, 0.25) is 0 Å². The predicted molar refractivity (Wildman–Crippen MR) is 122 cm³/mol. The summed E-state index contributed by atoms with van der Waals surface area (Å²) in [6.45, 7) is 6.15. The van der Waals surface area contributed by atoms with E-state index in [9.17, 15) is 9.59 Å². The number of hydrogen-bond acceptors (Lipinski definition) is 7. The van der Waals surface area contributed by atoms with Crippen molar-refractivity contribution in [2.24, 2.45) is 0 Å². The van der Waals surface area contributed by atoms with Crippen molar-refractivity contribution in [1.82, 2.24) is 24.4 Å². The second-order valence-corrected chi connectivity index (χ2v) is 8.06. The fourth-order valence-electron chi connectivity index (χ4n) is 3.98. The Morgan fingerprint density at radius 3 is 2.61 bits per heavy atom. The maximum absolute atomic E-state index is 12.7. The first-order valence-electron chi connectivity index (χ1n) is 10.9. The lowest BCUT2D eigenvalue weighted by Gasteiger charge is -2.16. The number of unbranched alkanes of at least 4 members (excludes halogenated alkanes) is 1. The molecule has 0 atom stereocenters. The van der Waals surface area contributed by atoms with Gasteiger partial charge in [0.05, 0.1) is 6.54 Å². The molecule has 3 aromatic rings. The van der Waals surface area contributed by atoms with Crippen molar-refractivity contribution < 1.29 is 0 Å². The summed E-state index contributed by atoms with van der Waals surface area (Å²) in [7, 11) is 0. The normalized spacial score (nSPS) is 14.4. The van der Waals surface area contributed by atoms with Crippen molar-refractivity contribution in [3.8, 4) is 0 Å². The Morgan fingerprint density at radius 2 is 1.87 bits per heavy atom.